The lowest BCUT2D eigenvalue weighted by Crippen LogP contribution is -2.35. The summed E-state index contributed by atoms with van der Waals surface area (Å²) < 4.78 is 106. The van der Waals surface area contributed by atoms with Crippen molar-refractivity contribution in [2.45, 2.75) is 39.0 Å². The second kappa shape index (κ2) is 9.32. The maximum atomic E-state index is 13.7. The maximum absolute atomic E-state index is 13.7. The van der Waals surface area contributed by atoms with Gasteiger partial charge in [0, 0.05) is 16.1 Å². The van der Waals surface area contributed by atoms with E-state index in [1.54, 1.807) is 0 Å². The molecule has 172 valence electrons. The van der Waals surface area contributed by atoms with E-state index in [1.165, 1.54) is 19.2 Å². The smallest absolute Gasteiger partial charge is 0.459 e. The van der Waals surface area contributed by atoms with Gasteiger partial charge in [0.1, 0.15) is 17.0 Å². The van der Waals surface area contributed by atoms with Crippen LogP contribution in [0.2, 0.25) is 0 Å². The first-order valence-corrected chi connectivity index (χ1v) is 9.03. The van der Waals surface area contributed by atoms with Crippen molar-refractivity contribution >= 4 is 39.1 Å². The Morgan fingerprint density at radius 3 is 2.00 bits per heavy atom. The molecule has 3 aromatic heterocycles. The summed E-state index contributed by atoms with van der Waals surface area (Å²) in [5.74, 6) is -5.56. The van der Waals surface area contributed by atoms with Crippen LogP contribution in [0.15, 0.2) is 22.8 Å². The van der Waals surface area contributed by atoms with Crippen LogP contribution in [0.5, 0.6) is 0 Å². The van der Waals surface area contributed by atoms with E-state index in [4.69, 9.17) is 9.90 Å². The van der Waals surface area contributed by atoms with Crippen molar-refractivity contribution in [2.24, 2.45) is 0 Å². The first-order chi connectivity index (χ1) is 14.1. The molecule has 0 fully saturated rings. The molecular weight excluding hydrogens is 510 g/mol. The average molecular weight is 524 g/mol. The number of carboxylic acid groups (broad SMARTS) is 1. The third-order valence-electron chi connectivity index (χ3n) is 3.56. The van der Waals surface area contributed by atoms with Crippen LogP contribution in [0, 0.1) is 6.92 Å². The molecule has 3 rings (SSSR count). The van der Waals surface area contributed by atoms with Crippen LogP contribution >= 0.6 is 15.9 Å². The third kappa shape index (κ3) is 5.22. The maximum Gasteiger partial charge on any atom is 0.459 e. The van der Waals surface area contributed by atoms with Crippen molar-refractivity contribution in [2.75, 3.05) is 0 Å². The van der Waals surface area contributed by atoms with E-state index in [2.05, 4.69) is 25.9 Å². The molecule has 0 radical (unpaired) electrons. The fourth-order valence-electron chi connectivity index (χ4n) is 2.44. The molecule has 1 N–H and O–H groups in total. The Balaban J connectivity index is 0.000000884. The number of carbonyl (C=O) groups is 1. The number of aryl methyl sites for hydroxylation is 1. The van der Waals surface area contributed by atoms with Gasteiger partial charge in [-0.2, -0.15) is 35.1 Å². The summed E-state index contributed by atoms with van der Waals surface area (Å²) in [5, 5.41) is 6.24. The number of imidazole rings is 1. The zero-order chi connectivity index (χ0) is 24.4. The Morgan fingerprint density at radius 1 is 1.03 bits per heavy atom. The summed E-state index contributed by atoms with van der Waals surface area (Å²) in [4.78, 5) is 15.5. The SMILES string of the molecule is CC.Cc1cn2c(cc(Br)c3c(C(F)(F)F)cc(C(F)(F)C(F)(F)F)nc32)n1.O=CO. The highest BCUT2D eigenvalue weighted by Crippen LogP contribution is 2.46. The minimum Gasteiger partial charge on any atom is -0.483 e. The second-order valence-corrected chi connectivity index (χ2v) is 6.39. The van der Waals surface area contributed by atoms with Gasteiger partial charge in [-0.3, -0.25) is 9.20 Å². The van der Waals surface area contributed by atoms with Crippen LogP contribution in [0.1, 0.15) is 30.8 Å². The number of hydrogen-bond donors (Lipinski definition) is 1. The molecule has 0 aromatic carbocycles. The van der Waals surface area contributed by atoms with Gasteiger partial charge in [-0.15, -0.1) is 0 Å². The van der Waals surface area contributed by atoms with Gasteiger partial charge in [0.2, 0.25) is 0 Å². The predicted molar refractivity (Wildman–Crippen MR) is 97.9 cm³/mol. The van der Waals surface area contributed by atoms with Crippen LogP contribution in [-0.2, 0) is 16.9 Å². The number of hydrogen-bond acceptors (Lipinski definition) is 3. The molecule has 3 heterocycles. The Bertz CT molecular complexity index is 1080. The molecule has 0 bridgehead atoms. The number of alkyl halides is 8. The molecule has 0 saturated carbocycles. The van der Waals surface area contributed by atoms with Crippen molar-refractivity contribution in [3.63, 3.8) is 0 Å². The van der Waals surface area contributed by atoms with E-state index >= 15 is 0 Å². The molecule has 14 heteroatoms. The highest BCUT2D eigenvalue weighted by atomic mass is 79.9. The summed E-state index contributed by atoms with van der Waals surface area (Å²) in [5.41, 5.74) is -4.08. The van der Waals surface area contributed by atoms with Gasteiger partial charge in [-0.05, 0) is 35.0 Å². The molecule has 0 aliphatic carbocycles. The number of pyridine rings is 2. The van der Waals surface area contributed by atoms with Gasteiger partial charge in [-0.1, -0.05) is 13.8 Å². The summed E-state index contributed by atoms with van der Waals surface area (Å²) in [6, 6.07) is 0.907. The van der Waals surface area contributed by atoms with E-state index < -0.39 is 40.6 Å². The van der Waals surface area contributed by atoms with Crippen molar-refractivity contribution < 1.29 is 45.0 Å². The van der Waals surface area contributed by atoms with Gasteiger partial charge < -0.3 is 5.11 Å². The normalized spacial score (nSPS) is 12.1. The van der Waals surface area contributed by atoms with Crippen LogP contribution in [0.25, 0.3) is 16.7 Å². The lowest BCUT2D eigenvalue weighted by molar-refractivity contribution is -0.291. The molecule has 0 spiro atoms. The zero-order valence-corrected chi connectivity index (χ0v) is 17.5. The third-order valence-corrected chi connectivity index (χ3v) is 4.19. The Labute approximate surface area is 177 Å². The van der Waals surface area contributed by atoms with Crippen LogP contribution < -0.4 is 0 Å². The number of fused-ring (bicyclic) bond motifs is 3. The number of rotatable bonds is 1. The topological polar surface area (TPSA) is 67.5 Å². The highest BCUT2D eigenvalue weighted by Gasteiger charge is 2.60. The van der Waals surface area contributed by atoms with Crippen molar-refractivity contribution in [1.82, 2.24) is 14.4 Å². The van der Waals surface area contributed by atoms with Gasteiger partial charge in [0.05, 0.1) is 11.3 Å². The van der Waals surface area contributed by atoms with Gasteiger partial charge in [0.15, 0.2) is 0 Å². The van der Waals surface area contributed by atoms with Crippen LogP contribution in [-0.4, -0.2) is 32.1 Å². The van der Waals surface area contributed by atoms with Crippen molar-refractivity contribution in [3.8, 4) is 0 Å². The molecule has 0 atom stereocenters. The number of nitrogens with zero attached hydrogens (tertiary/aromatic N) is 3. The molecule has 0 saturated heterocycles. The highest BCUT2D eigenvalue weighted by molar-refractivity contribution is 9.10. The molecule has 0 aliphatic rings. The van der Waals surface area contributed by atoms with E-state index in [-0.39, 0.29) is 22.7 Å². The van der Waals surface area contributed by atoms with E-state index in [9.17, 15) is 35.1 Å². The first kappa shape index (κ1) is 26.5. The fourth-order valence-corrected chi connectivity index (χ4v) is 3.04. The van der Waals surface area contributed by atoms with Gasteiger partial charge in [0.25, 0.3) is 6.47 Å². The average Bonchev–Trinajstić information content (AvgIpc) is 3.02. The van der Waals surface area contributed by atoms with Crippen molar-refractivity contribution in [1.29, 1.82) is 0 Å². The van der Waals surface area contributed by atoms with Gasteiger partial charge in [-0.25, -0.2) is 9.97 Å². The predicted octanol–water partition coefficient (Wildman–Crippen LogP) is 6.35. The standard InChI is InChI=1S/C14H6BrF8N3.C2H6.CH2O2/c1-5-4-26-9(24-5)3-7(15)10-6(13(18,19)20)2-8(25-11(10)26)12(16,17)14(21,22)23;1-2;2-1-3/h2-4H,1H3;1-2H3;1H,(H,2,3). The second-order valence-electron chi connectivity index (χ2n) is 5.53. The molecule has 0 aliphatic heterocycles. The minimum absolute atomic E-state index is 0.0370. The minimum atomic E-state index is -6.10. The molecule has 0 unspecified atom stereocenters. The van der Waals surface area contributed by atoms with Crippen LogP contribution in [0.3, 0.4) is 0 Å². The summed E-state index contributed by atoms with van der Waals surface area (Å²) >= 11 is 2.88. The van der Waals surface area contributed by atoms with Crippen LogP contribution in [0.4, 0.5) is 35.1 Å². The zero-order valence-electron chi connectivity index (χ0n) is 15.9. The molecule has 31 heavy (non-hydrogen) atoms. The lowest BCUT2D eigenvalue weighted by Gasteiger charge is -2.21. The first-order valence-electron chi connectivity index (χ1n) is 8.24. The summed E-state index contributed by atoms with van der Waals surface area (Å²) in [6.45, 7) is 5.23. The van der Waals surface area contributed by atoms with E-state index in [1.807, 2.05) is 13.8 Å². The fraction of sp³-hybridized carbons (Fsp3) is 0.353. The molecule has 5 nitrogen and oxygen atoms in total. The summed E-state index contributed by atoms with van der Waals surface area (Å²) in [6.07, 6.45) is -10.1. The largest absolute Gasteiger partial charge is 0.483 e. The monoisotopic (exact) mass is 523 g/mol. The lowest BCUT2D eigenvalue weighted by atomic mass is 10.1. The number of halogens is 9. The molecule has 0 amide bonds. The van der Waals surface area contributed by atoms with Crippen molar-refractivity contribution in [3.05, 3.63) is 39.8 Å². The Hall–Kier alpha value is -2.51. The van der Waals surface area contributed by atoms with E-state index in [0.717, 1.165) is 4.40 Å². The Kier molecular flexibility index (Phi) is 7.98. The summed E-state index contributed by atoms with van der Waals surface area (Å²) in [7, 11) is 0. The quantitative estimate of drug-likeness (QED) is 0.298. The van der Waals surface area contributed by atoms with Gasteiger partial charge >= 0.3 is 18.3 Å². The molecular formula is C17H14BrF8N3O2. The van der Waals surface area contributed by atoms with E-state index in [0.29, 0.717) is 5.69 Å². The number of aromatic nitrogens is 3. The molecule has 3 aromatic rings. The Morgan fingerprint density at radius 2 is 1.55 bits per heavy atom.